The van der Waals surface area contributed by atoms with Crippen molar-refractivity contribution in [3.05, 3.63) is 82.2 Å². The van der Waals surface area contributed by atoms with E-state index in [4.69, 9.17) is 4.74 Å². The Labute approximate surface area is 185 Å². The van der Waals surface area contributed by atoms with Gasteiger partial charge in [0.1, 0.15) is 0 Å². The molecule has 1 aromatic heterocycles. The van der Waals surface area contributed by atoms with E-state index in [9.17, 15) is 22.8 Å². The lowest BCUT2D eigenvalue weighted by Crippen LogP contribution is -2.21. The van der Waals surface area contributed by atoms with Gasteiger partial charge in [0, 0.05) is 34.6 Å². The van der Waals surface area contributed by atoms with Crippen molar-refractivity contribution in [3.63, 3.8) is 0 Å². The maximum absolute atomic E-state index is 13.0. The average Bonchev–Trinajstić information content (AvgIpc) is 3.08. The quantitative estimate of drug-likeness (QED) is 0.340. The van der Waals surface area contributed by atoms with Crippen molar-refractivity contribution in [2.45, 2.75) is 37.1 Å². The number of hydrogen-bond acceptors (Lipinski definition) is 6. The first-order valence-corrected chi connectivity index (χ1v) is 11.5. The molecular weight excluding hydrogens is 430 g/mol. The number of ketones is 2. The molecule has 4 rings (SSSR count). The van der Waals surface area contributed by atoms with E-state index in [1.165, 1.54) is 30.3 Å². The van der Waals surface area contributed by atoms with Crippen LogP contribution in [-0.4, -0.2) is 37.1 Å². The second kappa shape index (κ2) is 7.87. The predicted octanol–water partition coefficient (Wildman–Crippen LogP) is 3.54. The van der Waals surface area contributed by atoms with E-state index in [1.807, 2.05) is 25.3 Å². The number of fused-ring (bicyclic) bond motifs is 2. The summed E-state index contributed by atoms with van der Waals surface area (Å²) in [6, 6.07) is 11.5. The summed E-state index contributed by atoms with van der Waals surface area (Å²) in [4.78, 5) is 37.5. The van der Waals surface area contributed by atoms with Crippen molar-refractivity contribution < 1.29 is 27.5 Å². The number of benzene rings is 2. The topological polar surface area (TPSA) is 99.5 Å². The number of aromatic nitrogens is 1. The average molecular weight is 452 g/mol. The van der Waals surface area contributed by atoms with Crippen LogP contribution in [0.5, 0.6) is 0 Å². The number of Topliss-reactive ketones (excluding diaryl/α,β-unsaturated/α-hetero) is 1. The van der Waals surface area contributed by atoms with E-state index in [1.54, 1.807) is 12.1 Å². The van der Waals surface area contributed by atoms with Gasteiger partial charge in [0.15, 0.2) is 12.4 Å². The zero-order chi connectivity index (χ0) is 23.2. The van der Waals surface area contributed by atoms with E-state index < -0.39 is 28.2 Å². The Hall–Kier alpha value is -3.52. The summed E-state index contributed by atoms with van der Waals surface area (Å²) in [5.74, 6) is -1.61. The monoisotopic (exact) mass is 451 g/mol. The van der Waals surface area contributed by atoms with Gasteiger partial charge in [-0.2, -0.15) is 0 Å². The van der Waals surface area contributed by atoms with Gasteiger partial charge in [0.05, 0.1) is 15.4 Å². The van der Waals surface area contributed by atoms with Gasteiger partial charge in [0.25, 0.3) is 0 Å². The van der Waals surface area contributed by atoms with Crippen LogP contribution in [0.4, 0.5) is 0 Å². The Kier molecular flexibility index (Phi) is 5.34. The molecule has 0 atom stereocenters. The van der Waals surface area contributed by atoms with Crippen LogP contribution in [0, 0.1) is 13.8 Å². The summed E-state index contributed by atoms with van der Waals surface area (Å²) in [5.41, 5.74) is 2.26. The van der Waals surface area contributed by atoms with Gasteiger partial charge < -0.3 is 9.30 Å². The predicted molar refractivity (Wildman–Crippen MR) is 116 cm³/mol. The number of carbonyl (C=O) groups is 3. The molecule has 3 aromatic rings. The van der Waals surface area contributed by atoms with Crippen molar-refractivity contribution in [2.24, 2.45) is 0 Å². The van der Waals surface area contributed by atoms with Crippen LogP contribution in [0.15, 0.2) is 58.3 Å². The first-order valence-electron chi connectivity index (χ1n) is 10.1. The van der Waals surface area contributed by atoms with Gasteiger partial charge >= 0.3 is 5.97 Å². The van der Waals surface area contributed by atoms with Crippen LogP contribution in [0.3, 0.4) is 0 Å². The molecule has 0 bridgehead atoms. The fraction of sp³-hybridized carbons (Fsp3) is 0.208. The Morgan fingerprint density at radius 2 is 1.66 bits per heavy atom. The Bertz CT molecular complexity index is 1400. The van der Waals surface area contributed by atoms with Crippen LogP contribution in [0.25, 0.3) is 0 Å². The number of nitrogens with zero attached hydrogens (tertiary/aromatic N) is 1. The summed E-state index contributed by atoms with van der Waals surface area (Å²) >= 11 is 0. The summed E-state index contributed by atoms with van der Waals surface area (Å²) < 4.78 is 33.2. The van der Waals surface area contributed by atoms with Gasteiger partial charge in [-0.1, -0.05) is 12.1 Å². The highest BCUT2D eigenvalue weighted by Crippen LogP contribution is 2.34. The molecule has 2 heterocycles. The second-order valence-corrected chi connectivity index (χ2v) is 9.45. The summed E-state index contributed by atoms with van der Waals surface area (Å²) in [6.45, 7) is 5.94. The molecule has 8 heteroatoms. The standard InChI is InChI=1S/C24H21NO6S/c1-4-25-14(2)11-19(15(25)3)20(26)13-31-24(28)16-9-10-18-22(12-16)32(29,30)21-8-6-5-7-17(21)23(18)27/h5-12H,4,13H2,1-3H3. The number of hydrogen-bond donors (Lipinski definition) is 0. The first-order chi connectivity index (χ1) is 15.2. The molecule has 0 spiro atoms. The lowest BCUT2D eigenvalue weighted by atomic mass is 10.0. The molecule has 0 N–H and O–H groups in total. The molecule has 0 unspecified atom stereocenters. The smallest absolute Gasteiger partial charge is 0.338 e. The zero-order valence-electron chi connectivity index (χ0n) is 17.8. The van der Waals surface area contributed by atoms with Gasteiger partial charge in [-0.15, -0.1) is 0 Å². The molecule has 0 saturated heterocycles. The molecule has 0 fully saturated rings. The molecule has 0 amide bonds. The Balaban J connectivity index is 1.58. The number of ether oxygens (including phenoxy) is 1. The molecular formula is C24H21NO6S. The number of aryl methyl sites for hydroxylation is 1. The Morgan fingerprint density at radius 3 is 2.34 bits per heavy atom. The van der Waals surface area contributed by atoms with Crippen LogP contribution in [-0.2, 0) is 21.1 Å². The molecule has 164 valence electrons. The minimum atomic E-state index is -3.97. The molecule has 1 aliphatic heterocycles. The van der Waals surface area contributed by atoms with Crippen LogP contribution in [0.1, 0.15) is 54.9 Å². The van der Waals surface area contributed by atoms with E-state index >= 15 is 0 Å². The summed E-state index contributed by atoms with van der Waals surface area (Å²) in [7, 11) is -3.97. The molecule has 2 aromatic carbocycles. The molecule has 0 aliphatic carbocycles. The van der Waals surface area contributed by atoms with Crippen LogP contribution >= 0.6 is 0 Å². The van der Waals surface area contributed by atoms with E-state index in [2.05, 4.69) is 0 Å². The molecule has 32 heavy (non-hydrogen) atoms. The number of rotatable bonds is 5. The van der Waals surface area contributed by atoms with Crippen molar-refractivity contribution >= 4 is 27.4 Å². The maximum Gasteiger partial charge on any atom is 0.338 e. The lowest BCUT2D eigenvalue weighted by molar-refractivity contribution is 0.0474. The zero-order valence-corrected chi connectivity index (χ0v) is 18.7. The number of sulfone groups is 1. The Morgan fingerprint density at radius 1 is 0.969 bits per heavy atom. The van der Waals surface area contributed by atoms with Gasteiger partial charge in [-0.3, -0.25) is 9.59 Å². The second-order valence-electron chi connectivity index (χ2n) is 7.57. The first kappa shape index (κ1) is 21.7. The highest BCUT2D eigenvalue weighted by Gasteiger charge is 2.35. The van der Waals surface area contributed by atoms with E-state index in [0.717, 1.165) is 24.0 Å². The largest absolute Gasteiger partial charge is 0.454 e. The SMILES string of the molecule is CCn1c(C)cc(C(=O)COC(=O)c2ccc3c(c2)S(=O)(=O)c2ccccc2C3=O)c1C. The third-order valence-electron chi connectivity index (χ3n) is 5.70. The third kappa shape index (κ3) is 3.36. The summed E-state index contributed by atoms with van der Waals surface area (Å²) in [5, 5.41) is 0. The molecule has 0 saturated carbocycles. The van der Waals surface area contributed by atoms with E-state index in [0.29, 0.717) is 5.56 Å². The van der Waals surface area contributed by atoms with Crippen LogP contribution < -0.4 is 0 Å². The fourth-order valence-electron chi connectivity index (χ4n) is 4.07. The van der Waals surface area contributed by atoms with Crippen molar-refractivity contribution in [2.75, 3.05) is 6.61 Å². The maximum atomic E-state index is 13.0. The van der Waals surface area contributed by atoms with Crippen molar-refractivity contribution in [1.29, 1.82) is 0 Å². The van der Waals surface area contributed by atoms with E-state index in [-0.39, 0.29) is 32.3 Å². The number of esters is 1. The minimum absolute atomic E-state index is 0.00308. The molecule has 1 aliphatic rings. The van der Waals surface area contributed by atoms with Gasteiger partial charge in [0.2, 0.25) is 15.6 Å². The van der Waals surface area contributed by atoms with Gasteiger partial charge in [-0.25, -0.2) is 13.2 Å². The number of carbonyl (C=O) groups excluding carboxylic acids is 3. The molecule has 7 nitrogen and oxygen atoms in total. The van der Waals surface area contributed by atoms with Gasteiger partial charge in [-0.05, 0) is 57.2 Å². The fourth-order valence-corrected chi connectivity index (χ4v) is 5.75. The van der Waals surface area contributed by atoms with Crippen molar-refractivity contribution in [1.82, 2.24) is 4.57 Å². The normalized spacial score (nSPS) is 13.9. The highest BCUT2D eigenvalue weighted by molar-refractivity contribution is 7.91. The third-order valence-corrected chi connectivity index (χ3v) is 7.55. The summed E-state index contributed by atoms with van der Waals surface area (Å²) in [6.07, 6.45) is 0. The lowest BCUT2D eigenvalue weighted by Gasteiger charge is -2.19. The van der Waals surface area contributed by atoms with Crippen molar-refractivity contribution in [3.8, 4) is 0 Å². The highest BCUT2D eigenvalue weighted by atomic mass is 32.2. The minimum Gasteiger partial charge on any atom is -0.454 e. The molecule has 0 radical (unpaired) electrons. The van der Waals surface area contributed by atoms with Crippen LogP contribution in [0.2, 0.25) is 0 Å².